The number of phosphoric ester groups is 1. The molecule has 0 spiro atoms. The Morgan fingerprint density at radius 1 is 0.667 bits per heavy atom. The van der Waals surface area contributed by atoms with Crippen LogP contribution in [-0.4, -0.2) is 51.1 Å². The van der Waals surface area contributed by atoms with E-state index in [4.69, 9.17) is 14.2 Å². The van der Waals surface area contributed by atoms with Crippen molar-refractivity contribution in [2.45, 2.75) is 161 Å². The molecule has 0 aromatic rings. The van der Waals surface area contributed by atoms with E-state index in [1.165, 1.54) is 96.3 Å². The van der Waals surface area contributed by atoms with Gasteiger partial charge in [-0.25, -0.2) is 0 Å². The molecule has 0 rings (SSSR count). The van der Waals surface area contributed by atoms with Gasteiger partial charge in [0.05, 0.1) is 21.0 Å². The average Bonchev–Trinajstić information content (AvgIpc) is 2.95. The second-order valence-electron chi connectivity index (χ2n) is 11.6. The third kappa shape index (κ3) is 42.9. The van der Waals surface area contributed by atoms with Crippen molar-refractivity contribution in [2.75, 3.05) is 33.2 Å². The van der Waals surface area contributed by atoms with Crippen LogP contribution in [0.15, 0.2) is 0 Å². The van der Waals surface area contributed by atoms with E-state index in [1.54, 1.807) is 6.92 Å². The minimum Gasteiger partial charge on any atom is -0.790 e. The quantitative estimate of drug-likeness (QED) is 0.0344. The van der Waals surface area contributed by atoms with Crippen molar-refractivity contribution >= 4 is 19.7 Å². The van der Waals surface area contributed by atoms with Crippen LogP contribution in [0.2, 0.25) is 0 Å². The first-order chi connectivity index (χ1) is 20.7. The molecule has 45 heavy (non-hydrogen) atoms. The molecule has 0 heterocycles. The number of carbonyl (C=O) groups is 2. The fraction of sp³-hybridized carbons (Fsp3) is 0.938. The molecule has 10 nitrogen and oxygen atoms in total. The molecular weight excluding hydrogens is 619 g/mol. The molecule has 0 saturated heterocycles. The Kier molecular flexibility index (Phi) is 42.3. The molecule has 0 unspecified atom stereocenters. The van der Waals surface area contributed by atoms with Gasteiger partial charge in [0.25, 0.3) is 0 Å². The summed E-state index contributed by atoms with van der Waals surface area (Å²) in [5.41, 5.74) is 0. The maximum atomic E-state index is 12.2. The fourth-order valence-electron chi connectivity index (χ4n) is 4.77. The molecule has 256 valence electrons. The first-order valence-corrected chi connectivity index (χ1v) is 18.5. The van der Waals surface area contributed by atoms with Gasteiger partial charge in [0, 0.05) is 26.5 Å². The molecule has 13 heteroatoms. The van der Waals surface area contributed by atoms with E-state index in [0.29, 0.717) is 13.0 Å². The molecule has 0 bridgehead atoms. The van der Waals surface area contributed by atoms with E-state index < -0.39 is 26.5 Å². The normalized spacial score (nSPS) is 11.8. The number of nitrogens with one attached hydrogen (secondary N) is 1. The zero-order valence-electron chi connectivity index (χ0n) is 29.3. The molecule has 1 amide bonds. The van der Waals surface area contributed by atoms with E-state index >= 15 is 0 Å². The van der Waals surface area contributed by atoms with E-state index in [1.807, 2.05) is 0 Å². The number of ether oxygens (including phenoxy) is 3. The van der Waals surface area contributed by atoms with Crippen LogP contribution in [0.25, 0.3) is 0 Å². The van der Waals surface area contributed by atoms with Gasteiger partial charge >= 0.3 is 65.1 Å². The second kappa shape index (κ2) is 37.8. The topological polar surface area (TPSA) is 146 Å². The Morgan fingerprint density at radius 2 is 1.13 bits per heavy atom. The van der Waals surface area contributed by atoms with E-state index in [9.17, 15) is 23.9 Å². The minimum atomic E-state index is -5.18. The molecule has 0 aliphatic rings. The molecule has 1 N–H and O–H groups in total. The summed E-state index contributed by atoms with van der Waals surface area (Å²) in [4.78, 5) is 44.8. The third-order valence-electron chi connectivity index (χ3n) is 7.26. The first kappa shape index (κ1) is 50.3. The molecule has 0 aliphatic carbocycles. The standard InChI is InChI=1S/C32H64NO9P.2Na/c1-3-4-5-6-7-8-12-15-18-21-24-32(35)42-31(28-41-43(36,37)38)27-40-29-39-26-23-20-17-14-11-9-10-13-16-19-22-25-33-30(2)34;;/h31H,3-29H2,1-2H3,(H,33,34)(H2,36,37,38);;/q;2*+1/p-2/t31-;;/m0../s1. The van der Waals surface area contributed by atoms with Crippen molar-refractivity contribution < 1.29 is 102 Å². The Bertz CT molecular complexity index is 702. The van der Waals surface area contributed by atoms with Crippen LogP contribution >= 0.6 is 7.82 Å². The molecular formula is C32H62NNa2O9P. The van der Waals surface area contributed by atoms with Gasteiger partial charge < -0.3 is 38.4 Å². The summed E-state index contributed by atoms with van der Waals surface area (Å²) in [6.07, 6.45) is 23.7. The Balaban J connectivity index is -0.00000882. The number of phosphoric acid groups is 1. The molecule has 0 aromatic heterocycles. The number of amides is 1. The van der Waals surface area contributed by atoms with Gasteiger partial charge in [-0.1, -0.05) is 122 Å². The zero-order valence-corrected chi connectivity index (χ0v) is 34.2. The monoisotopic (exact) mass is 681 g/mol. The Labute approximate surface area is 318 Å². The Hall–Kier alpha value is 0.970. The van der Waals surface area contributed by atoms with Crippen molar-refractivity contribution in [3.8, 4) is 0 Å². The molecule has 0 aromatic carbocycles. The van der Waals surface area contributed by atoms with Crippen molar-refractivity contribution in [3.05, 3.63) is 0 Å². The number of rotatable bonds is 33. The van der Waals surface area contributed by atoms with Gasteiger partial charge in [-0.05, 0) is 19.3 Å². The number of hydrogen-bond acceptors (Lipinski definition) is 9. The second-order valence-corrected chi connectivity index (χ2v) is 12.7. The van der Waals surface area contributed by atoms with Gasteiger partial charge in [-0.15, -0.1) is 0 Å². The van der Waals surface area contributed by atoms with Crippen molar-refractivity contribution in [3.63, 3.8) is 0 Å². The van der Waals surface area contributed by atoms with Gasteiger partial charge in [-0.2, -0.15) is 0 Å². The van der Waals surface area contributed by atoms with E-state index in [2.05, 4.69) is 16.8 Å². The number of carbonyl (C=O) groups excluding carboxylic acids is 2. The molecule has 1 atom stereocenters. The van der Waals surface area contributed by atoms with E-state index in [-0.39, 0.29) is 84.8 Å². The predicted octanol–water partition coefficient (Wildman–Crippen LogP) is 0.480. The van der Waals surface area contributed by atoms with Gasteiger partial charge in [0.2, 0.25) is 5.91 Å². The summed E-state index contributed by atoms with van der Waals surface area (Å²) in [5, 5.41) is 2.83. The summed E-state index contributed by atoms with van der Waals surface area (Å²) < 4.78 is 31.4. The zero-order chi connectivity index (χ0) is 31.9. The Morgan fingerprint density at radius 3 is 1.62 bits per heavy atom. The van der Waals surface area contributed by atoms with Crippen molar-refractivity contribution in [1.29, 1.82) is 0 Å². The van der Waals surface area contributed by atoms with Crippen molar-refractivity contribution in [1.82, 2.24) is 5.32 Å². The van der Waals surface area contributed by atoms with Gasteiger partial charge in [-0.3, -0.25) is 9.59 Å². The minimum absolute atomic E-state index is 0. The smallest absolute Gasteiger partial charge is 0.790 e. The fourth-order valence-corrected chi connectivity index (χ4v) is 5.12. The van der Waals surface area contributed by atoms with Crippen LogP contribution in [-0.2, 0) is 32.9 Å². The third-order valence-corrected chi connectivity index (χ3v) is 7.73. The van der Waals surface area contributed by atoms with Gasteiger partial charge in [0.1, 0.15) is 12.9 Å². The summed E-state index contributed by atoms with van der Waals surface area (Å²) >= 11 is 0. The number of esters is 1. The van der Waals surface area contributed by atoms with Gasteiger partial charge in [0.15, 0.2) is 0 Å². The summed E-state index contributed by atoms with van der Waals surface area (Å²) in [6, 6.07) is 0. The van der Waals surface area contributed by atoms with Crippen LogP contribution in [0.1, 0.15) is 155 Å². The average molecular weight is 682 g/mol. The van der Waals surface area contributed by atoms with Crippen LogP contribution in [0.4, 0.5) is 0 Å². The first-order valence-electron chi connectivity index (χ1n) is 17.0. The maximum absolute atomic E-state index is 12.2. The summed E-state index contributed by atoms with van der Waals surface area (Å²) in [5.74, 6) is -0.411. The largest absolute Gasteiger partial charge is 1.00 e. The molecule has 0 radical (unpaired) electrons. The van der Waals surface area contributed by atoms with Crippen LogP contribution in [0.5, 0.6) is 0 Å². The summed E-state index contributed by atoms with van der Waals surface area (Å²) in [6.45, 7) is 4.41. The SMILES string of the molecule is CCCCCCCCCCCCC(=O)O[C@@H](COCOCCCCCCCCCCCCCNC(C)=O)COP(=O)([O-])[O-].[Na+].[Na+]. The number of hydrogen-bond donors (Lipinski definition) is 1. The van der Waals surface area contributed by atoms with Crippen LogP contribution in [0, 0.1) is 0 Å². The summed E-state index contributed by atoms with van der Waals surface area (Å²) in [7, 11) is -5.18. The van der Waals surface area contributed by atoms with Crippen LogP contribution in [0.3, 0.4) is 0 Å². The predicted molar refractivity (Wildman–Crippen MR) is 166 cm³/mol. The number of unbranched alkanes of at least 4 members (excludes halogenated alkanes) is 19. The molecule has 0 aliphatic heterocycles. The maximum Gasteiger partial charge on any atom is 1.00 e. The molecule has 0 saturated carbocycles. The van der Waals surface area contributed by atoms with Crippen molar-refractivity contribution in [2.24, 2.45) is 0 Å². The molecule has 0 fully saturated rings. The van der Waals surface area contributed by atoms with Crippen LogP contribution < -0.4 is 74.2 Å². The van der Waals surface area contributed by atoms with E-state index in [0.717, 1.165) is 38.6 Å².